The van der Waals surface area contributed by atoms with E-state index in [9.17, 15) is 17.6 Å². The van der Waals surface area contributed by atoms with Gasteiger partial charge in [0.2, 0.25) is 0 Å². The van der Waals surface area contributed by atoms with Crippen LogP contribution in [0.4, 0.5) is 4.39 Å². The lowest BCUT2D eigenvalue weighted by atomic mass is 10.1. The Balaban J connectivity index is 2.29. The zero-order valence-corrected chi connectivity index (χ0v) is 12.3. The molecule has 1 atom stereocenters. The Morgan fingerprint density at radius 1 is 1.29 bits per heavy atom. The van der Waals surface area contributed by atoms with Gasteiger partial charge in [-0.2, -0.15) is 0 Å². The van der Waals surface area contributed by atoms with E-state index in [4.69, 9.17) is 5.11 Å². The molecule has 0 fully saturated rings. The van der Waals surface area contributed by atoms with Gasteiger partial charge in [-0.05, 0) is 29.1 Å². The van der Waals surface area contributed by atoms with Gasteiger partial charge >= 0.3 is 5.97 Å². The molecule has 8 heteroatoms. The standard InChI is InChI=1S/C13H12FNO4S2/c14-10-5-3-9(4-6-10)11(8-12(16)17)15-21(18,19)13-2-1-7-20-13/h1-7,11,15H,8H2,(H,16,17)/t11-/m1/s1. The maximum Gasteiger partial charge on any atom is 0.305 e. The second-order valence-corrected chi connectivity index (χ2v) is 7.14. The van der Waals surface area contributed by atoms with E-state index in [1.807, 2.05) is 0 Å². The number of hydrogen-bond donors (Lipinski definition) is 2. The zero-order chi connectivity index (χ0) is 15.5. The second-order valence-electron chi connectivity index (χ2n) is 4.26. The number of carboxylic acids is 1. The van der Waals surface area contributed by atoms with Gasteiger partial charge in [0.15, 0.2) is 0 Å². The Kier molecular flexibility index (Phi) is 4.71. The molecule has 0 saturated carbocycles. The Morgan fingerprint density at radius 2 is 1.95 bits per heavy atom. The maximum atomic E-state index is 12.9. The van der Waals surface area contributed by atoms with Crippen LogP contribution in [0.1, 0.15) is 18.0 Å². The van der Waals surface area contributed by atoms with Crippen LogP contribution in [0.15, 0.2) is 46.0 Å². The minimum absolute atomic E-state index is 0.0972. The van der Waals surface area contributed by atoms with E-state index in [2.05, 4.69) is 4.72 Å². The number of rotatable bonds is 6. The molecule has 2 aromatic rings. The molecular formula is C13H12FNO4S2. The summed E-state index contributed by atoms with van der Waals surface area (Å²) in [6.45, 7) is 0. The van der Waals surface area contributed by atoms with Crippen molar-refractivity contribution in [2.24, 2.45) is 0 Å². The van der Waals surface area contributed by atoms with Crippen molar-refractivity contribution in [1.29, 1.82) is 0 Å². The van der Waals surface area contributed by atoms with Crippen molar-refractivity contribution in [1.82, 2.24) is 4.72 Å². The van der Waals surface area contributed by atoms with E-state index in [0.29, 0.717) is 5.56 Å². The van der Waals surface area contributed by atoms with Crippen LogP contribution in [0, 0.1) is 5.82 Å². The lowest BCUT2D eigenvalue weighted by Crippen LogP contribution is -2.29. The summed E-state index contributed by atoms with van der Waals surface area (Å²) in [5.41, 5.74) is 0.388. The van der Waals surface area contributed by atoms with E-state index in [1.54, 1.807) is 11.4 Å². The van der Waals surface area contributed by atoms with Crippen LogP contribution in [0.2, 0.25) is 0 Å². The molecule has 2 rings (SSSR count). The van der Waals surface area contributed by atoms with Crippen LogP contribution >= 0.6 is 11.3 Å². The molecule has 0 saturated heterocycles. The highest BCUT2D eigenvalue weighted by molar-refractivity contribution is 7.91. The molecule has 0 radical (unpaired) electrons. The topological polar surface area (TPSA) is 83.5 Å². The highest BCUT2D eigenvalue weighted by atomic mass is 32.2. The van der Waals surface area contributed by atoms with E-state index < -0.39 is 34.3 Å². The first-order valence-electron chi connectivity index (χ1n) is 5.91. The second kappa shape index (κ2) is 6.33. The number of halogens is 1. The van der Waals surface area contributed by atoms with Crippen molar-refractivity contribution in [3.63, 3.8) is 0 Å². The van der Waals surface area contributed by atoms with Gasteiger partial charge in [-0.3, -0.25) is 4.79 Å². The quantitative estimate of drug-likeness (QED) is 0.852. The molecule has 0 aliphatic heterocycles. The summed E-state index contributed by atoms with van der Waals surface area (Å²) in [6, 6.07) is 7.08. The SMILES string of the molecule is O=C(O)C[C@@H](NS(=O)(=O)c1cccs1)c1ccc(F)cc1. The summed E-state index contributed by atoms with van der Waals surface area (Å²) in [7, 11) is -3.81. The van der Waals surface area contributed by atoms with Gasteiger partial charge in [-0.1, -0.05) is 18.2 Å². The summed E-state index contributed by atoms with van der Waals surface area (Å²) < 4.78 is 39.7. The van der Waals surface area contributed by atoms with Gasteiger partial charge in [0.05, 0.1) is 12.5 Å². The molecule has 0 aliphatic rings. The number of benzene rings is 1. The van der Waals surface area contributed by atoms with Crippen molar-refractivity contribution in [2.75, 3.05) is 0 Å². The average molecular weight is 329 g/mol. The molecule has 2 N–H and O–H groups in total. The number of nitrogens with one attached hydrogen (secondary N) is 1. The van der Waals surface area contributed by atoms with E-state index in [-0.39, 0.29) is 4.21 Å². The van der Waals surface area contributed by atoms with Crippen LogP contribution < -0.4 is 4.72 Å². The molecule has 0 aliphatic carbocycles. The summed E-state index contributed by atoms with van der Waals surface area (Å²) in [5.74, 6) is -1.63. The van der Waals surface area contributed by atoms with Crippen LogP contribution in [0.25, 0.3) is 0 Å². The number of hydrogen-bond acceptors (Lipinski definition) is 4. The van der Waals surface area contributed by atoms with Gasteiger partial charge in [0.25, 0.3) is 10.0 Å². The largest absolute Gasteiger partial charge is 0.481 e. The molecule has 0 bridgehead atoms. The summed E-state index contributed by atoms with van der Waals surface area (Å²) >= 11 is 1.03. The third-order valence-electron chi connectivity index (χ3n) is 2.71. The first kappa shape index (κ1) is 15.6. The summed E-state index contributed by atoms with van der Waals surface area (Å²) in [5, 5.41) is 10.5. The molecule has 112 valence electrons. The lowest BCUT2D eigenvalue weighted by Gasteiger charge is -2.17. The summed E-state index contributed by atoms with van der Waals surface area (Å²) in [4.78, 5) is 10.9. The highest BCUT2D eigenvalue weighted by Crippen LogP contribution is 2.23. The average Bonchev–Trinajstić information content (AvgIpc) is 2.92. The van der Waals surface area contributed by atoms with Gasteiger partial charge in [0, 0.05) is 0 Å². The molecule has 0 spiro atoms. The van der Waals surface area contributed by atoms with E-state index in [0.717, 1.165) is 23.5 Å². The fourth-order valence-electron chi connectivity index (χ4n) is 1.76. The predicted molar refractivity (Wildman–Crippen MR) is 76.0 cm³/mol. The monoisotopic (exact) mass is 329 g/mol. The van der Waals surface area contributed by atoms with Crippen molar-refractivity contribution in [2.45, 2.75) is 16.7 Å². The lowest BCUT2D eigenvalue weighted by molar-refractivity contribution is -0.137. The fraction of sp³-hybridized carbons (Fsp3) is 0.154. The molecule has 1 aromatic heterocycles. The van der Waals surface area contributed by atoms with E-state index >= 15 is 0 Å². The first-order chi connectivity index (χ1) is 9.88. The molecule has 1 aromatic carbocycles. The Labute approximate surface area is 125 Å². The van der Waals surface area contributed by atoms with Gasteiger partial charge in [-0.15, -0.1) is 11.3 Å². The van der Waals surface area contributed by atoms with Gasteiger partial charge in [0.1, 0.15) is 10.0 Å². The number of thiophene rings is 1. The Hall–Kier alpha value is -1.77. The van der Waals surface area contributed by atoms with Crippen LogP contribution in [-0.4, -0.2) is 19.5 Å². The van der Waals surface area contributed by atoms with Crippen LogP contribution in [-0.2, 0) is 14.8 Å². The third kappa shape index (κ3) is 4.10. The minimum atomic E-state index is -3.81. The first-order valence-corrected chi connectivity index (χ1v) is 8.28. The van der Waals surface area contributed by atoms with Gasteiger partial charge in [-0.25, -0.2) is 17.5 Å². The Morgan fingerprint density at radius 3 is 2.48 bits per heavy atom. The molecule has 0 unspecified atom stereocenters. The predicted octanol–water partition coefficient (Wildman–Crippen LogP) is 2.38. The fourth-order valence-corrected chi connectivity index (χ4v) is 3.99. The third-order valence-corrected chi connectivity index (χ3v) is 5.58. The van der Waals surface area contributed by atoms with E-state index in [1.165, 1.54) is 18.2 Å². The molecule has 21 heavy (non-hydrogen) atoms. The minimum Gasteiger partial charge on any atom is -0.481 e. The number of aliphatic carboxylic acids is 1. The van der Waals surface area contributed by atoms with Gasteiger partial charge < -0.3 is 5.11 Å². The highest BCUT2D eigenvalue weighted by Gasteiger charge is 2.24. The maximum absolute atomic E-state index is 12.9. The van der Waals surface area contributed by atoms with Crippen molar-refractivity contribution < 1.29 is 22.7 Å². The molecular weight excluding hydrogens is 317 g/mol. The van der Waals surface area contributed by atoms with Crippen LogP contribution in [0.3, 0.4) is 0 Å². The zero-order valence-electron chi connectivity index (χ0n) is 10.7. The van der Waals surface area contributed by atoms with Crippen molar-refractivity contribution in [3.8, 4) is 0 Å². The number of carbonyl (C=O) groups is 1. The molecule has 0 amide bonds. The van der Waals surface area contributed by atoms with Crippen molar-refractivity contribution >= 4 is 27.3 Å². The normalized spacial score (nSPS) is 13.0. The van der Waals surface area contributed by atoms with Crippen LogP contribution in [0.5, 0.6) is 0 Å². The molecule has 1 heterocycles. The smallest absolute Gasteiger partial charge is 0.305 e. The van der Waals surface area contributed by atoms with Crippen molar-refractivity contribution in [3.05, 3.63) is 53.2 Å². The number of sulfonamides is 1. The molecule has 5 nitrogen and oxygen atoms in total. The Bertz CT molecular complexity index is 711. The number of carboxylic acid groups (broad SMARTS) is 1. The summed E-state index contributed by atoms with van der Waals surface area (Å²) in [6.07, 6.45) is -0.434.